The number of hydrogen-bond donors (Lipinski definition) is 3. The van der Waals surface area contributed by atoms with E-state index in [4.69, 9.17) is 21.5 Å². The normalized spacial score (nSPS) is 12.3. The number of benzene rings is 3. The lowest BCUT2D eigenvalue weighted by Gasteiger charge is -2.29. The van der Waals surface area contributed by atoms with E-state index in [0.29, 0.717) is 33.2 Å². The number of carbonyl (C=O) groups is 3. The van der Waals surface area contributed by atoms with Gasteiger partial charge in [0.05, 0.1) is 23.5 Å². The second-order valence-electron chi connectivity index (χ2n) is 10.5. The Morgan fingerprint density at radius 2 is 1.60 bits per heavy atom. The van der Waals surface area contributed by atoms with Crippen LogP contribution in [0.15, 0.2) is 60.7 Å². The number of aromatic nitrogens is 2. The van der Waals surface area contributed by atoms with Gasteiger partial charge < -0.3 is 20.3 Å². The molecule has 17 heteroatoms. The summed E-state index contributed by atoms with van der Waals surface area (Å²) in [4.78, 5) is 40.2. The fourth-order valence-electron chi connectivity index (χ4n) is 4.49. The third-order valence-electron chi connectivity index (χ3n) is 7.02. The first-order valence-electron chi connectivity index (χ1n) is 13.9. The van der Waals surface area contributed by atoms with E-state index in [-0.39, 0.29) is 18.9 Å². The lowest BCUT2D eigenvalue weighted by atomic mass is 10.1. The first-order valence-corrected chi connectivity index (χ1v) is 14.3. The minimum atomic E-state index is -5.08. The molecule has 3 aromatic carbocycles. The maximum Gasteiger partial charge on any atom is 0.490 e. The van der Waals surface area contributed by atoms with Crippen molar-refractivity contribution in [2.24, 2.45) is 7.05 Å². The summed E-state index contributed by atoms with van der Waals surface area (Å²) in [6, 6.07) is 15.4. The number of likely N-dealkylation sites (N-methyl/N-ethyl adjacent to an activating group) is 1. The van der Waals surface area contributed by atoms with Gasteiger partial charge in [-0.05, 0) is 67.6 Å². The smallest absolute Gasteiger partial charge is 0.475 e. The van der Waals surface area contributed by atoms with Gasteiger partial charge in [-0.3, -0.25) is 14.5 Å². The number of anilines is 1. The van der Waals surface area contributed by atoms with Crippen LogP contribution in [0.5, 0.6) is 0 Å². The molecule has 1 unspecified atom stereocenters. The molecule has 258 valence electrons. The van der Waals surface area contributed by atoms with E-state index in [1.807, 2.05) is 11.6 Å². The topological polar surface area (TPSA) is 117 Å². The monoisotopic (exact) mass is 703 g/mol. The molecule has 0 aliphatic heterocycles. The molecule has 1 heterocycles. The van der Waals surface area contributed by atoms with Crippen LogP contribution >= 0.6 is 11.6 Å². The molecule has 48 heavy (non-hydrogen) atoms. The van der Waals surface area contributed by atoms with Crippen LogP contribution < -0.4 is 10.6 Å². The standard InChI is InChI=1S/C29H28ClF4N5O2.C2HF3O2/c1-17-14-19(26-36-23-15-21(31)9-11-24(23)39(26)3)6-10-22(17)37-28(41)27(40)35-16-25(18-4-7-20(30)8-5-18)38(2)13-12-29(32,33)34;3-2(4,5)1(6)7/h4-11,14-15,25H,12-13,16H2,1-3H3,(H,35,40)(H,37,41);(H,6,7). The highest BCUT2D eigenvalue weighted by Crippen LogP contribution is 2.28. The SMILES string of the molecule is Cc1cc(-c2nc3cc(F)ccc3n2C)ccc1NC(=O)C(=O)NCC(c1ccc(Cl)cc1)N(C)CCC(F)(F)F.O=C(O)C(F)(F)F. The molecule has 0 aliphatic carbocycles. The number of nitrogens with one attached hydrogen (secondary N) is 2. The summed E-state index contributed by atoms with van der Waals surface area (Å²) in [5.74, 6) is -4.40. The second kappa shape index (κ2) is 15.5. The fourth-order valence-corrected chi connectivity index (χ4v) is 4.62. The number of hydrogen-bond acceptors (Lipinski definition) is 5. The Bertz CT molecular complexity index is 1780. The second-order valence-corrected chi connectivity index (χ2v) is 11.0. The summed E-state index contributed by atoms with van der Waals surface area (Å²) in [7, 11) is 3.33. The Morgan fingerprint density at radius 3 is 2.17 bits per heavy atom. The van der Waals surface area contributed by atoms with Gasteiger partial charge in [-0.25, -0.2) is 14.2 Å². The highest BCUT2D eigenvalue weighted by molar-refractivity contribution is 6.39. The summed E-state index contributed by atoms with van der Waals surface area (Å²) >= 11 is 5.95. The van der Waals surface area contributed by atoms with E-state index in [0.717, 1.165) is 11.1 Å². The zero-order valence-corrected chi connectivity index (χ0v) is 26.3. The van der Waals surface area contributed by atoms with Crippen molar-refractivity contribution in [2.75, 3.05) is 25.5 Å². The van der Waals surface area contributed by atoms with E-state index < -0.39 is 42.6 Å². The van der Waals surface area contributed by atoms with Gasteiger partial charge in [-0.1, -0.05) is 23.7 Å². The van der Waals surface area contributed by atoms with E-state index in [2.05, 4.69) is 15.6 Å². The molecule has 4 rings (SSSR count). The minimum absolute atomic E-state index is 0.104. The largest absolute Gasteiger partial charge is 0.490 e. The van der Waals surface area contributed by atoms with E-state index in [1.165, 1.54) is 24.1 Å². The van der Waals surface area contributed by atoms with Crippen molar-refractivity contribution in [3.63, 3.8) is 0 Å². The minimum Gasteiger partial charge on any atom is -0.475 e. The highest BCUT2D eigenvalue weighted by Gasteiger charge is 2.38. The molecule has 0 saturated carbocycles. The number of fused-ring (bicyclic) bond motifs is 1. The number of carbonyl (C=O) groups excluding carboxylic acids is 2. The van der Waals surface area contributed by atoms with Gasteiger partial charge in [0, 0.05) is 42.5 Å². The van der Waals surface area contributed by atoms with Crippen molar-refractivity contribution in [3.05, 3.63) is 82.6 Å². The van der Waals surface area contributed by atoms with Crippen LogP contribution in [0.4, 0.5) is 36.4 Å². The van der Waals surface area contributed by atoms with Crippen LogP contribution in [0.2, 0.25) is 5.02 Å². The van der Waals surface area contributed by atoms with Gasteiger partial charge in [0.2, 0.25) is 0 Å². The van der Waals surface area contributed by atoms with Crippen molar-refractivity contribution in [1.29, 1.82) is 0 Å². The van der Waals surface area contributed by atoms with Crippen molar-refractivity contribution < 1.29 is 50.2 Å². The highest BCUT2D eigenvalue weighted by atomic mass is 35.5. The number of imidazole rings is 1. The number of halogens is 8. The number of amides is 2. The van der Waals surface area contributed by atoms with Crippen LogP contribution in [0.1, 0.15) is 23.6 Å². The number of carboxylic acids is 1. The summed E-state index contributed by atoms with van der Waals surface area (Å²) in [5.41, 5.74) is 3.69. The van der Waals surface area contributed by atoms with Crippen molar-refractivity contribution in [2.45, 2.75) is 31.7 Å². The van der Waals surface area contributed by atoms with Crippen LogP contribution in [-0.4, -0.2) is 69.8 Å². The molecule has 4 aromatic rings. The molecule has 2 amide bonds. The molecule has 3 N–H and O–H groups in total. The lowest BCUT2D eigenvalue weighted by Crippen LogP contribution is -2.41. The molecule has 0 radical (unpaired) electrons. The fraction of sp³-hybridized carbons (Fsp3) is 0.290. The van der Waals surface area contributed by atoms with Gasteiger partial charge in [0.15, 0.2) is 0 Å². The maximum atomic E-state index is 13.6. The van der Waals surface area contributed by atoms with Crippen LogP contribution in [0, 0.1) is 12.7 Å². The van der Waals surface area contributed by atoms with Crippen LogP contribution in [0.25, 0.3) is 22.4 Å². The summed E-state index contributed by atoms with van der Waals surface area (Å²) in [6.07, 6.45) is -10.4. The Balaban J connectivity index is 0.000000804. The lowest BCUT2D eigenvalue weighted by molar-refractivity contribution is -0.192. The molecule has 1 atom stereocenters. The first kappa shape index (κ1) is 37.8. The van der Waals surface area contributed by atoms with Gasteiger partial charge in [0.25, 0.3) is 0 Å². The average Bonchev–Trinajstić information content (AvgIpc) is 3.32. The quantitative estimate of drug-likeness (QED) is 0.140. The molecule has 0 spiro atoms. The Hall–Kier alpha value is -4.70. The van der Waals surface area contributed by atoms with E-state index in [9.17, 15) is 40.3 Å². The first-order chi connectivity index (χ1) is 22.3. The maximum absolute atomic E-state index is 13.6. The van der Waals surface area contributed by atoms with Crippen molar-refractivity contribution in [3.8, 4) is 11.4 Å². The number of carboxylic acid groups (broad SMARTS) is 1. The molecule has 0 aliphatic rings. The Kier molecular flexibility index (Phi) is 12.2. The van der Waals surface area contributed by atoms with Crippen LogP contribution in [-0.2, 0) is 21.4 Å². The summed E-state index contributed by atoms with van der Waals surface area (Å²) < 4.78 is 85.6. The molecule has 0 fully saturated rings. The summed E-state index contributed by atoms with van der Waals surface area (Å²) in [5, 5.41) is 12.7. The number of aliphatic carboxylic acids is 1. The van der Waals surface area contributed by atoms with Gasteiger partial charge >= 0.3 is 30.1 Å². The zero-order valence-electron chi connectivity index (χ0n) is 25.5. The molecule has 1 aromatic heterocycles. The van der Waals surface area contributed by atoms with E-state index in [1.54, 1.807) is 55.5 Å². The summed E-state index contributed by atoms with van der Waals surface area (Å²) in [6.45, 7) is 1.35. The number of alkyl halides is 6. The predicted octanol–water partition coefficient (Wildman–Crippen LogP) is 6.65. The average molecular weight is 704 g/mol. The van der Waals surface area contributed by atoms with Crippen molar-refractivity contribution >= 4 is 46.1 Å². The van der Waals surface area contributed by atoms with Crippen molar-refractivity contribution in [1.82, 2.24) is 19.8 Å². The molecule has 0 saturated heterocycles. The van der Waals surface area contributed by atoms with Gasteiger partial charge in [-0.2, -0.15) is 26.3 Å². The molecular weight excluding hydrogens is 675 g/mol. The third-order valence-corrected chi connectivity index (χ3v) is 7.27. The van der Waals surface area contributed by atoms with Gasteiger partial charge in [0.1, 0.15) is 11.6 Å². The predicted molar refractivity (Wildman–Crippen MR) is 164 cm³/mol. The third kappa shape index (κ3) is 10.4. The number of rotatable bonds is 8. The Morgan fingerprint density at radius 1 is 0.979 bits per heavy atom. The number of nitrogens with zero attached hydrogens (tertiary/aromatic N) is 3. The van der Waals surface area contributed by atoms with E-state index >= 15 is 0 Å². The number of aryl methyl sites for hydroxylation is 2. The molecule has 9 nitrogen and oxygen atoms in total. The van der Waals surface area contributed by atoms with Gasteiger partial charge in [-0.15, -0.1) is 0 Å². The van der Waals surface area contributed by atoms with Crippen LogP contribution in [0.3, 0.4) is 0 Å². The molecular formula is C31H29ClF7N5O4. The zero-order chi connectivity index (χ0) is 36.0. The Labute approximate surface area is 274 Å². The molecule has 0 bridgehead atoms.